The summed E-state index contributed by atoms with van der Waals surface area (Å²) in [5.41, 5.74) is 0.441. The number of nitrogens with one attached hydrogen (secondary N) is 1. The number of hydrogen-bond donors (Lipinski definition) is 1. The maximum absolute atomic E-state index is 12.5. The Labute approximate surface area is 112 Å². The van der Waals surface area contributed by atoms with E-state index in [9.17, 15) is 4.79 Å². The average molecular weight is 269 g/mol. The summed E-state index contributed by atoms with van der Waals surface area (Å²) >= 11 is 6.11. The van der Waals surface area contributed by atoms with E-state index in [4.69, 9.17) is 16.3 Å². The van der Waals surface area contributed by atoms with Crippen molar-refractivity contribution >= 4 is 17.5 Å². The van der Waals surface area contributed by atoms with Gasteiger partial charge in [-0.05, 0) is 25.1 Å². The fourth-order valence-corrected chi connectivity index (χ4v) is 2.44. The van der Waals surface area contributed by atoms with E-state index in [0.717, 1.165) is 19.5 Å². The van der Waals surface area contributed by atoms with Crippen LogP contribution in [0.15, 0.2) is 18.2 Å². The van der Waals surface area contributed by atoms with Gasteiger partial charge in [0.05, 0.1) is 12.1 Å². The predicted molar refractivity (Wildman–Crippen MR) is 71.4 cm³/mol. The van der Waals surface area contributed by atoms with Gasteiger partial charge in [-0.15, -0.1) is 0 Å². The van der Waals surface area contributed by atoms with Crippen LogP contribution in [-0.2, 0) is 0 Å². The first-order chi connectivity index (χ1) is 8.65. The van der Waals surface area contributed by atoms with Gasteiger partial charge >= 0.3 is 0 Å². The lowest BCUT2D eigenvalue weighted by molar-refractivity contribution is 0.0740. The summed E-state index contributed by atoms with van der Waals surface area (Å²) in [6.07, 6.45) is 0.967. The molecule has 1 amide bonds. The van der Waals surface area contributed by atoms with Gasteiger partial charge in [-0.25, -0.2) is 0 Å². The van der Waals surface area contributed by atoms with E-state index in [0.29, 0.717) is 16.3 Å². The maximum atomic E-state index is 12.5. The van der Waals surface area contributed by atoms with Crippen LogP contribution in [0, 0.1) is 0 Å². The van der Waals surface area contributed by atoms with Crippen LogP contribution in [0.3, 0.4) is 0 Å². The number of methoxy groups -OCH3 is 1. The summed E-state index contributed by atoms with van der Waals surface area (Å²) in [4.78, 5) is 14.2. The third kappa shape index (κ3) is 2.44. The number of hydrogen-bond acceptors (Lipinski definition) is 3. The molecule has 1 aliphatic rings. The summed E-state index contributed by atoms with van der Waals surface area (Å²) < 4.78 is 5.21. The summed E-state index contributed by atoms with van der Waals surface area (Å²) in [7, 11) is 3.35. The van der Waals surface area contributed by atoms with Crippen LogP contribution in [0.5, 0.6) is 5.75 Å². The zero-order valence-corrected chi connectivity index (χ0v) is 11.3. The maximum Gasteiger partial charge on any atom is 0.259 e. The Morgan fingerprint density at radius 1 is 1.56 bits per heavy atom. The number of likely N-dealkylation sites (N-methyl/N-ethyl adjacent to an activating group) is 1. The van der Waals surface area contributed by atoms with Crippen molar-refractivity contribution in [1.29, 1.82) is 0 Å². The lowest BCUT2D eigenvalue weighted by Crippen LogP contribution is -2.38. The molecule has 1 heterocycles. The quantitative estimate of drug-likeness (QED) is 0.909. The highest BCUT2D eigenvalue weighted by molar-refractivity contribution is 6.34. The Balaban J connectivity index is 2.27. The largest absolute Gasteiger partial charge is 0.496 e. The average Bonchev–Trinajstić information content (AvgIpc) is 2.90. The van der Waals surface area contributed by atoms with Gasteiger partial charge in [0.25, 0.3) is 5.91 Å². The summed E-state index contributed by atoms with van der Waals surface area (Å²) in [6, 6.07) is 5.45. The fraction of sp³-hybridized carbons (Fsp3) is 0.462. The highest BCUT2D eigenvalue weighted by Gasteiger charge is 2.27. The molecule has 0 spiro atoms. The van der Waals surface area contributed by atoms with E-state index < -0.39 is 0 Å². The van der Waals surface area contributed by atoms with Crippen molar-refractivity contribution in [3.8, 4) is 5.75 Å². The van der Waals surface area contributed by atoms with E-state index in [-0.39, 0.29) is 11.9 Å². The van der Waals surface area contributed by atoms with E-state index in [1.54, 1.807) is 30.2 Å². The van der Waals surface area contributed by atoms with Crippen LogP contribution in [0.2, 0.25) is 5.02 Å². The zero-order chi connectivity index (χ0) is 13.1. The fourth-order valence-electron chi connectivity index (χ4n) is 2.19. The number of amides is 1. The van der Waals surface area contributed by atoms with Gasteiger partial charge in [-0.1, -0.05) is 17.7 Å². The van der Waals surface area contributed by atoms with Crippen LogP contribution in [0.4, 0.5) is 0 Å². The molecule has 0 aromatic heterocycles. The molecule has 18 heavy (non-hydrogen) atoms. The number of carbonyl (C=O) groups is 1. The Morgan fingerprint density at radius 3 is 2.94 bits per heavy atom. The van der Waals surface area contributed by atoms with Crippen LogP contribution >= 0.6 is 11.6 Å². The molecule has 4 nitrogen and oxygen atoms in total. The number of carbonyl (C=O) groups excluding carboxylic acids is 1. The molecule has 0 aliphatic carbocycles. The first-order valence-corrected chi connectivity index (χ1v) is 6.33. The van der Waals surface area contributed by atoms with Crippen LogP contribution in [0.1, 0.15) is 16.8 Å². The van der Waals surface area contributed by atoms with E-state index in [1.807, 2.05) is 7.05 Å². The molecule has 1 aromatic carbocycles. The molecule has 1 atom stereocenters. The number of halogens is 1. The Kier molecular flexibility index (Phi) is 4.09. The second kappa shape index (κ2) is 5.59. The van der Waals surface area contributed by atoms with E-state index in [2.05, 4.69) is 5.32 Å². The molecule has 5 heteroatoms. The Bertz CT molecular complexity index is 445. The molecule has 1 N–H and O–H groups in total. The first kappa shape index (κ1) is 13.2. The smallest absolute Gasteiger partial charge is 0.259 e. The molecule has 1 aromatic rings. The third-order valence-corrected chi connectivity index (χ3v) is 3.63. The minimum absolute atomic E-state index is 0.0915. The normalized spacial score (nSPS) is 18.7. The number of benzene rings is 1. The monoisotopic (exact) mass is 268 g/mol. The SMILES string of the molecule is COc1cccc(Cl)c1C(=O)N(C)[C@H]1CCNC1. The minimum Gasteiger partial charge on any atom is -0.496 e. The molecule has 0 bridgehead atoms. The highest BCUT2D eigenvalue weighted by Crippen LogP contribution is 2.28. The second-order valence-electron chi connectivity index (χ2n) is 4.38. The predicted octanol–water partition coefficient (Wildman–Crippen LogP) is 1.78. The lowest BCUT2D eigenvalue weighted by Gasteiger charge is -2.25. The van der Waals surface area contributed by atoms with Crippen molar-refractivity contribution in [1.82, 2.24) is 10.2 Å². The van der Waals surface area contributed by atoms with E-state index >= 15 is 0 Å². The first-order valence-electron chi connectivity index (χ1n) is 5.95. The Morgan fingerprint density at radius 2 is 2.33 bits per heavy atom. The van der Waals surface area contributed by atoms with Gasteiger partial charge in [0.2, 0.25) is 0 Å². The number of nitrogens with zero attached hydrogens (tertiary/aromatic N) is 1. The molecule has 0 unspecified atom stereocenters. The summed E-state index contributed by atoms with van der Waals surface area (Å²) in [5.74, 6) is 0.427. The topological polar surface area (TPSA) is 41.6 Å². The van der Waals surface area contributed by atoms with Gasteiger partial charge in [-0.2, -0.15) is 0 Å². The lowest BCUT2D eigenvalue weighted by atomic mass is 10.1. The van der Waals surface area contributed by atoms with Crippen molar-refractivity contribution in [3.63, 3.8) is 0 Å². The molecular weight excluding hydrogens is 252 g/mol. The van der Waals surface area contributed by atoms with Gasteiger partial charge in [0.1, 0.15) is 11.3 Å². The van der Waals surface area contributed by atoms with Gasteiger partial charge in [0, 0.05) is 19.6 Å². The minimum atomic E-state index is -0.0915. The van der Waals surface area contributed by atoms with Crippen LogP contribution < -0.4 is 10.1 Å². The Hall–Kier alpha value is -1.26. The van der Waals surface area contributed by atoms with Crippen molar-refractivity contribution in [2.45, 2.75) is 12.5 Å². The molecule has 1 aliphatic heterocycles. The number of rotatable bonds is 3. The molecule has 2 rings (SSSR count). The molecule has 1 fully saturated rings. The van der Waals surface area contributed by atoms with Crippen molar-refractivity contribution < 1.29 is 9.53 Å². The van der Waals surface area contributed by atoms with Crippen molar-refractivity contribution in [2.24, 2.45) is 0 Å². The standard InChI is InChI=1S/C13H17ClN2O2/c1-16(9-6-7-15-8-9)13(17)12-10(14)4-3-5-11(12)18-2/h3-5,9,15H,6-8H2,1-2H3/t9-/m0/s1. The molecular formula is C13H17ClN2O2. The van der Waals surface area contributed by atoms with Gasteiger partial charge in [-0.3, -0.25) is 4.79 Å². The summed E-state index contributed by atoms with van der Waals surface area (Å²) in [5, 5.41) is 3.67. The van der Waals surface area contributed by atoms with Gasteiger partial charge < -0.3 is 15.0 Å². The summed E-state index contributed by atoms with van der Waals surface area (Å²) in [6.45, 7) is 1.77. The van der Waals surface area contributed by atoms with Crippen molar-refractivity contribution in [2.75, 3.05) is 27.2 Å². The van der Waals surface area contributed by atoms with Gasteiger partial charge in [0.15, 0.2) is 0 Å². The highest BCUT2D eigenvalue weighted by atomic mass is 35.5. The molecule has 1 saturated heterocycles. The number of ether oxygens (including phenoxy) is 1. The van der Waals surface area contributed by atoms with E-state index in [1.165, 1.54) is 0 Å². The van der Waals surface area contributed by atoms with Crippen LogP contribution in [0.25, 0.3) is 0 Å². The molecule has 98 valence electrons. The van der Waals surface area contributed by atoms with Crippen molar-refractivity contribution in [3.05, 3.63) is 28.8 Å². The molecule has 0 radical (unpaired) electrons. The zero-order valence-electron chi connectivity index (χ0n) is 10.6. The molecule has 0 saturated carbocycles. The van der Waals surface area contributed by atoms with Crippen LogP contribution in [-0.4, -0.2) is 44.1 Å². The second-order valence-corrected chi connectivity index (χ2v) is 4.79. The third-order valence-electron chi connectivity index (χ3n) is 3.31.